The fourth-order valence-corrected chi connectivity index (χ4v) is 7.20. The summed E-state index contributed by atoms with van der Waals surface area (Å²) in [6.45, 7) is 8.86. The van der Waals surface area contributed by atoms with Crippen LogP contribution < -0.4 is 5.32 Å². The zero-order valence-corrected chi connectivity index (χ0v) is 21.5. The molecule has 3 fully saturated rings. The molecule has 35 heavy (non-hydrogen) atoms. The molecular formula is C28H42N4O3. The first kappa shape index (κ1) is 24.4. The van der Waals surface area contributed by atoms with Crippen LogP contribution in [-0.4, -0.2) is 77.7 Å². The summed E-state index contributed by atoms with van der Waals surface area (Å²) >= 11 is 0. The number of nitrogens with zero attached hydrogens (tertiary/aromatic N) is 3. The Hall–Kier alpha value is -2.28. The number of amides is 3. The number of carbonyl (C=O) groups excluding carboxylic acids is 2. The molecule has 5 rings (SSSR count). The zero-order chi connectivity index (χ0) is 24.4. The molecule has 7 heteroatoms. The molecular weight excluding hydrogens is 440 g/mol. The minimum absolute atomic E-state index is 0.0397. The van der Waals surface area contributed by atoms with Crippen molar-refractivity contribution in [3.8, 4) is 0 Å². The van der Waals surface area contributed by atoms with Crippen LogP contribution in [0.1, 0.15) is 76.3 Å². The lowest BCUT2D eigenvalue weighted by molar-refractivity contribution is 0.0219. The first-order valence-electron chi connectivity index (χ1n) is 13.8. The molecule has 2 atom stereocenters. The predicted octanol–water partition coefficient (Wildman–Crippen LogP) is 4.50. The predicted molar refractivity (Wildman–Crippen MR) is 136 cm³/mol. The fourth-order valence-electron chi connectivity index (χ4n) is 7.20. The molecule has 1 N–H and O–H groups in total. The van der Waals surface area contributed by atoms with Crippen LogP contribution in [0.25, 0.3) is 0 Å². The average Bonchev–Trinajstić information content (AvgIpc) is 3.14. The van der Waals surface area contributed by atoms with E-state index in [1.807, 2.05) is 16.7 Å². The number of likely N-dealkylation sites (tertiary alicyclic amines) is 1. The van der Waals surface area contributed by atoms with Crippen LogP contribution in [0.4, 0.5) is 9.59 Å². The Morgan fingerprint density at radius 2 is 1.77 bits per heavy atom. The summed E-state index contributed by atoms with van der Waals surface area (Å²) in [7, 11) is 0. The minimum atomic E-state index is -0.118. The molecule has 192 valence electrons. The molecule has 1 aromatic rings. The molecule has 3 amide bonds. The van der Waals surface area contributed by atoms with Gasteiger partial charge in [0.2, 0.25) is 0 Å². The van der Waals surface area contributed by atoms with Crippen LogP contribution in [0.3, 0.4) is 0 Å². The van der Waals surface area contributed by atoms with E-state index in [0.29, 0.717) is 31.3 Å². The van der Waals surface area contributed by atoms with Gasteiger partial charge in [0, 0.05) is 43.2 Å². The van der Waals surface area contributed by atoms with E-state index in [1.165, 1.54) is 11.1 Å². The number of urea groups is 1. The van der Waals surface area contributed by atoms with Gasteiger partial charge in [-0.3, -0.25) is 0 Å². The summed E-state index contributed by atoms with van der Waals surface area (Å²) in [5.41, 5.74) is 2.80. The summed E-state index contributed by atoms with van der Waals surface area (Å²) < 4.78 is 5.35. The van der Waals surface area contributed by atoms with Crippen molar-refractivity contribution in [2.75, 3.05) is 32.8 Å². The van der Waals surface area contributed by atoms with Crippen molar-refractivity contribution >= 4 is 12.1 Å². The smallest absolute Gasteiger partial charge is 0.410 e. The van der Waals surface area contributed by atoms with Gasteiger partial charge in [-0.25, -0.2) is 9.59 Å². The second-order valence-electron chi connectivity index (χ2n) is 11.0. The number of ether oxygens (including phenoxy) is 1. The van der Waals surface area contributed by atoms with Gasteiger partial charge in [-0.15, -0.1) is 0 Å². The molecule has 0 saturated carbocycles. The van der Waals surface area contributed by atoms with Crippen LogP contribution in [-0.2, 0) is 16.7 Å². The average molecular weight is 483 g/mol. The van der Waals surface area contributed by atoms with Crippen LogP contribution in [0.5, 0.6) is 0 Å². The molecule has 2 bridgehead atoms. The lowest BCUT2D eigenvalue weighted by atomic mass is 9.68. The Kier molecular flexibility index (Phi) is 7.24. The van der Waals surface area contributed by atoms with Gasteiger partial charge in [-0.05, 0) is 76.1 Å². The Morgan fingerprint density at radius 1 is 1.06 bits per heavy atom. The third kappa shape index (κ3) is 4.76. The molecule has 1 aromatic carbocycles. The maximum Gasteiger partial charge on any atom is 0.410 e. The Balaban J connectivity index is 1.25. The molecule has 4 aliphatic heterocycles. The van der Waals surface area contributed by atoms with E-state index in [2.05, 4.69) is 41.4 Å². The normalized spacial score (nSPS) is 27.5. The Bertz CT molecular complexity index is 899. The van der Waals surface area contributed by atoms with Crippen LogP contribution >= 0.6 is 0 Å². The molecule has 1 spiro atoms. The van der Waals surface area contributed by atoms with E-state index in [4.69, 9.17) is 4.74 Å². The van der Waals surface area contributed by atoms with E-state index >= 15 is 0 Å². The van der Waals surface area contributed by atoms with Gasteiger partial charge in [0.1, 0.15) is 0 Å². The van der Waals surface area contributed by atoms with Crippen molar-refractivity contribution in [3.05, 3.63) is 35.4 Å². The molecule has 4 aliphatic rings. The van der Waals surface area contributed by atoms with Crippen molar-refractivity contribution in [1.29, 1.82) is 0 Å². The van der Waals surface area contributed by atoms with Crippen LogP contribution in [0.15, 0.2) is 24.3 Å². The number of unbranched alkanes of at least 4 members (excludes halogenated alkanes) is 1. The van der Waals surface area contributed by atoms with Crippen LogP contribution in [0, 0.1) is 0 Å². The van der Waals surface area contributed by atoms with Gasteiger partial charge in [0.05, 0.1) is 6.61 Å². The summed E-state index contributed by atoms with van der Waals surface area (Å²) in [5, 5.41) is 3.14. The molecule has 7 nitrogen and oxygen atoms in total. The number of rotatable bonds is 5. The minimum Gasteiger partial charge on any atom is -0.450 e. The first-order valence-corrected chi connectivity index (χ1v) is 13.8. The topological polar surface area (TPSA) is 65.1 Å². The molecule has 0 aromatic heterocycles. The van der Waals surface area contributed by atoms with Crippen molar-refractivity contribution in [1.82, 2.24) is 20.0 Å². The lowest BCUT2D eigenvalue weighted by Gasteiger charge is -2.51. The monoisotopic (exact) mass is 482 g/mol. The number of hydrogen-bond donors (Lipinski definition) is 1. The highest BCUT2D eigenvalue weighted by atomic mass is 16.6. The molecule has 0 radical (unpaired) electrons. The molecule has 2 unspecified atom stereocenters. The summed E-state index contributed by atoms with van der Waals surface area (Å²) in [6, 6.07) is 10.0. The zero-order valence-electron chi connectivity index (χ0n) is 21.5. The van der Waals surface area contributed by atoms with E-state index in [-0.39, 0.29) is 17.5 Å². The third-order valence-electron chi connectivity index (χ3n) is 9.00. The second kappa shape index (κ2) is 10.4. The van der Waals surface area contributed by atoms with Gasteiger partial charge in [0.25, 0.3) is 0 Å². The quantitative estimate of drug-likeness (QED) is 0.628. The number of fused-ring (bicyclic) bond motifs is 4. The SMILES string of the molecule is CCCCNC(=O)N1Cc2ccccc2C2(CCN(C3CC4CCC(C3)N4C(=O)OCC)CC2)C1. The summed E-state index contributed by atoms with van der Waals surface area (Å²) in [4.78, 5) is 32.2. The highest BCUT2D eigenvalue weighted by Crippen LogP contribution is 2.44. The van der Waals surface area contributed by atoms with Crippen molar-refractivity contribution in [2.24, 2.45) is 0 Å². The van der Waals surface area contributed by atoms with E-state index in [9.17, 15) is 9.59 Å². The van der Waals surface area contributed by atoms with Crippen molar-refractivity contribution in [2.45, 2.75) is 95.3 Å². The molecule has 4 heterocycles. The molecule has 0 aliphatic carbocycles. The summed E-state index contributed by atoms with van der Waals surface area (Å²) in [6.07, 6.45) is 8.48. The van der Waals surface area contributed by atoms with Gasteiger partial charge in [0.15, 0.2) is 0 Å². The third-order valence-corrected chi connectivity index (χ3v) is 9.00. The number of piperidine rings is 2. The summed E-state index contributed by atoms with van der Waals surface area (Å²) in [5.74, 6) is 0. The van der Waals surface area contributed by atoms with E-state index < -0.39 is 0 Å². The highest BCUT2D eigenvalue weighted by molar-refractivity contribution is 5.75. The van der Waals surface area contributed by atoms with Crippen molar-refractivity contribution in [3.63, 3.8) is 0 Å². The lowest BCUT2D eigenvalue weighted by Crippen LogP contribution is -2.58. The maximum absolute atomic E-state index is 13.0. The highest BCUT2D eigenvalue weighted by Gasteiger charge is 2.48. The van der Waals surface area contributed by atoms with Gasteiger partial charge in [-0.1, -0.05) is 37.6 Å². The van der Waals surface area contributed by atoms with Gasteiger partial charge >= 0.3 is 12.1 Å². The van der Waals surface area contributed by atoms with Gasteiger partial charge in [-0.2, -0.15) is 0 Å². The number of nitrogens with one attached hydrogen (secondary N) is 1. The number of carbonyl (C=O) groups is 2. The Morgan fingerprint density at radius 3 is 2.46 bits per heavy atom. The van der Waals surface area contributed by atoms with E-state index in [0.717, 1.165) is 77.5 Å². The largest absolute Gasteiger partial charge is 0.450 e. The van der Waals surface area contributed by atoms with E-state index in [1.54, 1.807) is 0 Å². The number of benzene rings is 1. The van der Waals surface area contributed by atoms with Crippen molar-refractivity contribution < 1.29 is 14.3 Å². The van der Waals surface area contributed by atoms with Gasteiger partial charge < -0.3 is 24.8 Å². The Labute approximate surface area is 210 Å². The van der Waals surface area contributed by atoms with Crippen LogP contribution in [0.2, 0.25) is 0 Å². The molecule has 3 saturated heterocycles. The first-order chi connectivity index (χ1) is 17.0. The number of hydrogen-bond acceptors (Lipinski definition) is 4. The maximum atomic E-state index is 13.0. The fraction of sp³-hybridized carbons (Fsp3) is 0.714. The second-order valence-corrected chi connectivity index (χ2v) is 11.0. The standard InChI is InChI=1S/C28H42N4O3/c1-3-5-14-29-26(33)31-19-21-8-6-7-9-25(21)28(20-31)12-15-30(16-13-28)24-17-22-10-11-23(18-24)32(22)27(34)35-4-2/h6-9,22-24H,3-5,10-20H2,1-2H3,(H,29,33).